The van der Waals surface area contributed by atoms with Crippen LogP contribution >= 0.6 is 0 Å². The fraction of sp³-hybridized carbons (Fsp3) is 0.154. The van der Waals surface area contributed by atoms with Gasteiger partial charge in [-0.1, -0.05) is 63.2 Å². The van der Waals surface area contributed by atoms with E-state index in [0.717, 1.165) is 5.56 Å². The molecule has 2 N–H and O–H groups in total. The third-order valence-corrected chi connectivity index (χ3v) is 4.93. The van der Waals surface area contributed by atoms with Crippen LogP contribution in [0.5, 0.6) is 0 Å². The molecule has 33 heavy (non-hydrogen) atoms. The molecule has 0 heterocycles. The third kappa shape index (κ3) is 6.36. The van der Waals surface area contributed by atoms with Gasteiger partial charge in [0.05, 0.1) is 4.92 Å². The van der Waals surface area contributed by atoms with E-state index in [2.05, 4.69) is 31.4 Å². The molecule has 0 aliphatic carbocycles. The lowest BCUT2D eigenvalue weighted by Crippen LogP contribution is -2.30. The summed E-state index contributed by atoms with van der Waals surface area (Å²) in [7, 11) is 0. The molecule has 2 amide bonds. The summed E-state index contributed by atoms with van der Waals surface area (Å²) >= 11 is 0. The first-order valence-corrected chi connectivity index (χ1v) is 10.4. The van der Waals surface area contributed by atoms with Gasteiger partial charge in [0.2, 0.25) is 0 Å². The van der Waals surface area contributed by atoms with Crippen molar-refractivity contribution >= 4 is 29.3 Å². The predicted octanol–water partition coefficient (Wildman–Crippen LogP) is 5.30. The van der Waals surface area contributed by atoms with Gasteiger partial charge in [0.1, 0.15) is 5.70 Å². The fourth-order valence-corrected chi connectivity index (χ4v) is 3.09. The second-order valence-electron chi connectivity index (χ2n) is 8.51. The molecule has 0 spiro atoms. The van der Waals surface area contributed by atoms with Gasteiger partial charge in [-0.3, -0.25) is 19.7 Å². The number of hydrogen-bond acceptors (Lipinski definition) is 4. The van der Waals surface area contributed by atoms with Crippen molar-refractivity contribution in [3.05, 3.63) is 111 Å². The molecule has 0 aromatic heterocycles. The standard InChI is InChI=1S/C26H25N3O4/c1-26(2,3)20-14-12-19(13-15-20)24(30)28-23(25(31)27-21-9-5-4-6-10-21)17-18-8-7-11-22(16-18)29(32)33/h4-17H,1-3H3,(H,27,31)(H,28,30)/b23-17-. The van der Waals surface area contributed by atoms with Gasteiger partial charge in [0.25, 0.3) is 17.5 Å². The van der Waals surface area contributed by atoms with Crippen LogP contribution < -0.4 is 10.6 Å². The lowest BCUT2D eigenvalue weighted by atomic mass is 9.87. The average molecular weight is 444 g/mol. The van der Waals surface area contributed by atoms with Gasteiger partial charge < -0.3 is 10.6 Å². The Balaban J connectivity index is 1.91. The molecular weight excluding hydrogens is 418 g/mol. The summed E-state index contributed by atoms with van der Waals surface area (Å²) in [6.07, 6.45) is 1.41. The van der Waals surface area contributed by atoms with Crippen molar-refractivity contribution in [2.45, 2.75) is 26.2 Å². The van der Waals surface area contributed by atoms with E-state index >= 15 is 0 Å². The molecule has 0 saturated heterocycles. The third-order valence-electron chi connectivity index (χ3n) is 4.93. The van der Waals surface area contributed by atoms with E-state index in [4.69, 9.17) is 0 Å². The number of amides is 2. The number of anilines is 1. The van der Waals surface area contributed by atoms with Crippen molar-refractivity contribution < 1.29 is 14.5 Å². The van der Waals surface area contributed by atoms with Crippen LogP contribution in [0.25, 0.3) is 6.08 Å². The van der Waals surface area contributed by atoms with E-state index < -0.39 is 16.7 Å². The first kappa shape index (κ1) is 23.4. The Morgan fingerprint density at radius 2 is 1.58 bits per heavy atom. The number of nitro groups is 1. The average Bonchev–Trinajstić information content (AvgIpc) is 2.79. The van der Waals surface area contributed by atoms with Crippen LogP contribution in [0.15, 0.2) is 84.6 Å². The number of carbonyl (C=O) groups excluding carboxylic acids is 2. The maximum Gasteiger partial charge on any atom is 0.272 e. The van der Waals surface area contributed by atoms with Crippen molar-refractivity contribution in [3.8, 4) is 0 Å². The van der Waals surface area contributed by atoms with Crippen LogP contribution in [0.4, 0.5) is 11.4 Å². The minimum Gasteiger partial charge on any atom is -0.321 e. The van der Waals surface area contributed by atoms with Crippen LogP contribution in [0.3, 0.4) is 0 Å². The highest BCUT2D eigenvalue weighted by atomic mass is 16.6. The Morgan fingerprint density at radius 3 is 2.18 bits per heavy atom. The molecular formula is C26H25N3O4. The maximum absolute atomic E-state index is 13.0. The number of rotatable bonds is 6. The van der Waals surface area contributed by atoms with E-state index in [1.165, 1.54) is 24.3 Å². The van der Waals surface area contributed by atoms with E-state index in [1.54, 1.807) is 42.5 Å². The van der Waals surface area contributed by atoms with Gasteiger partial charge in [-0.2, -0.15) is 0 Å². The lowest BCUT2D eigenvalue weighted by molar-refractivity contribution is -0.384. The maximum atomic E-state index is 13.0. The van der Waals surface area contributed by atoms with Crippen molar-refractivity contribution in [2.75, 3.05) is 5.32 Å². The number of nitrogens with zero attached hydrogens (tertiary/aromatic N) is 1. The normalized spacial score (nSPS) is 11.5. The van der Waals surface area contributed by atoms with Gasteiger partial charge in [-0.05, 0) is 46.9 Å². The summed E-state index contributed by atoms with van der Waals surface area (Å²) in [6, 6.07) is 21.8. The first-order chi connectivity index (χ1) is 15.6. The molecule has 7 heteroatoms. The number of para-hydroxylation sites is 1. The number of benzene rings is 3. The van der Waals surface area contributed by atoms with Crippen molar-refractivity contribution in [1.29, 1.82) is 0 Å². The summed E-state index contributed by atoms with van der Waals surface area (Å²) in [5, 5.41) is 16.5. The zero-order valence-electron chi connectivity index (χ0n) is 18.7. The molecule has 0 fully saturated rings. The monoisotopic (exact) mass is 443 g/mol. The zero-order valence-corrected chi connectivity index (χ0v) is 18.7. The number of non-ortho nitro benzene ring substituents is 1. The van der Waals surface area contributed by atoms with E-state index in [-0.39, 0.29) is 16.8 Å². The van der Waals surface area contributed by atoms with Crippen molar-refractivity contribution in [1.82, 2.24) is 5.32 Å². The van der Waals surface area contributed by atoms with Crippen LogP contribution in [0, 0.1) is 10.1 Å². The van der Waals surface area contributed by atoms with Gasteiger partial charge in [0.15, 0.2) is 0 Å². The number of hydrogen-bond donors (Lipinski definition) is 2. The molecule has 0 unspecified atom stereocenters. The Bertz CT molecular complexity index is 1190. The van der Waals surface area contributed by atoms with Crippen molar-refractivity contribution in [3.63, 3.8) is 0 Å². The van der Waals surface area contributed by atoms with Gasteiger partial charge >= 0.3 is 0 Å². The smallest absolute Gasteiger partial charge is 0.272 e. The predicted molar refractivity (Wildman–Crippen MR) is 129 cm³/mol. The Kier molecular flexibility index (Phi) is 7.03. The molecule has 168 valence electrons. The highest BCUT2D eigenvalue weighted by Gasteiger charge is 2.18. The van der Waals surface area contributed by atoms with Crippen LogP contribution in [0.2, 0.25) is 0 Å². The molecule has 3 rings (SSSR count). The summed E-state index contributed by atoms with van der Waals surface area (Å²) in [5.41, 5.74) is 2.22. The lowest BCUT2D eigenvalue weighted by Gasteiger charge is -2.19. The van der Waals surface area contributed by atoms with Crippen LogP contribution in [-0.4, -0.2) is 16.7 Å². The highest BCUT2D eigenvalue weighted by molar-refractivity contribution is 6.10. The highest BCUT2D eigenvalue weighted by Crippen LogP contribution is 2.22. The molecule has 0 aliphatic heterocycles. The van der Waals surface area contributed by atoms with Gasteiger partial charge in [-0.15, -0.1) is 0 Å². The Labute approximate surface area is 192 Å². The molecule has 0 atom stereocenters. The van der Waals surface area contributed by atoms with E-state index in [1.807, 2.05) is 18.2 Å². The summed E-state index contributed by atoms with van der Waals surface area (Å²) in [4.78, 5) is 36.5. The summed E-state index contributed by atoms with van der Waals surface area (Å²) < 4.78 is 0. The molecule has 3 aromatic rings. The Morgan fingerprint density at radius 1 is 0.909 bits per heavy atom. The van der Waals surface area contributed by atoms with Crippen LogP contribution in [0.1, 0.15) is 42.3 Å². The fourth-order valence-electron chi connectivity index (χ4n) is 3.09. The quantitative estimate of drug-likeness (QED) is 0.306. The van der Waals surface area contributed by atoms with Gasteiger partial charge in [-0.25, -0.2) is 0 Å². The number of carbonyl (C=O) groups is 2. The van der Waals surface area contributed by atoms with Crippen molar-refractivity contribution in [2.24, 2.45) is 0 Å². The minimum absolute atomic E-state index is 0.0377. The first-order valence-electron chi connectivity index (χ1n) is 10.4. The topological polar surface area (TPSA) is 101 Å². The SMILES string of the molecule is CC(C)(C)c1ccc(C(=O)N/C(=C\c2cccc([N+](=O)[O-])c2)C(=O)Nc2ccccc2)cc1. The van der Waals surface area contributed by atoms with Crippen LogP contribution in [-0.2, 0) is 10.2 Å². The van der Waals surface area contributed by atoms with E-state index in [9.17, 15) is 19.7 Å². The van der Waals surface area contributed by atoms with E-state index in [0.29, 0.717) is 16.8 Å². The molecule has 0 aliphatic rings. The second kappa shape index (κ2) is 9.91. The second-order valence-corrected chi connectivity index (χ2v) is 8.51. The van der Waals surface area contributed by atoms with Gasteiger partial charge in [0, 0.05) is 23.4 Å². The zero-order chi connectivity index (χ0) is 24.0. The number of nitro benzene ring substituents is 1. The summed E-state index contributed by atoms with van der Waals surface area (Å²) in [6.45, 7) is 6.24. The molecule has 0 radical (unpaired) electrons. The largest absolute Gasteiger partial charge is 0.321 e. The molecule has 7 nitrogen and oxygen atoms in total. The molecule has 0 bridgehead atoms. The minimum atomic E-state index is -0.549. The molecule has 0 saturated carbocycles. The summed E-state index contributed by atoms with van der Waals surface area (Å²) in [5.74, 6) is -1.01. The Hall–Kier alpha value is -4.26. The number of nitrogens with one attached hydrogen (secondary N) is 2. The molecule has 3 aromatic carbocycles.